The van der Waals surface area contributed by atoms with Gasteiger partial charge in [-0.2, -0.15) is 0 Å². The number of hydrogen-bond acceptors (Lipinski definition) is 6. The molecule has 0 amide bonds. The summed E-state index contributed by atoms with van der Waals surface area (Å²) in [6.07, 6.45) is -1.42. The van der Waals surface area contributed by atoms with Crippen LogP contribution in [0.25, 0.3) is 21.9 Å². The fraction of sp³-hybridized carbons (Fsp3) is 0.0938. The van der Waals surface area contributed by atoms with Crippen LogP contribution in [0.2, 0.25) is 0 Å². The molecule has 0 aliphatic heterocycles. The highest BCUT2D eigenvalue weighted by Crippen LogP contribution is 2.39. The molecule has 0 saturated heterocycles. The van der Waals surface area contributed by atoms with Crippen molar-refractivity contribution in [1.29, 1.82) is 0 Å². The maximum atomic E-state index is 14.1. The van der Waals surface area contributed by atoms with Gasteiger partial charge in [-0.3, -0.25) is 3.97 Å². The van der Waals surface area contributed by atoms with Crippen LogP contribution in [0.1, 0.15) is 33.5 Å². The molecule has 0 saturated carbocycles. The van der Waals surface area contributed by atoms with Crippen molar-refractivity contribution in [3.05, 3.63) is 132 Å². The standard InChI is InChI=1S/C32H25NO6S/c1-37-32(35)29-25-19-23(38-20-21-10-4-2-5-11-21)16-17-26(25)33(40(36)24-13-6-3-7-14-24)30(29)31(34)28-18-22-12-8-9-15-27(22)39-28/h2-19,31,34H,20H2,1H3. The molecule has 0 spiro atoms. The molecule has 0 aliphatic rings. The van der Waals surface area contributed by atoms with E-state index in [4.69, 9.17) is 13.9 Å². The van der Waals surface area contributed by atoms with Gasteiger partial charge in [-0.25, -0.2) is 9.00 Å². The molecule has 200 valence electrons. The van der Waals surface area contributed by atoms with E-state index in [1.54, 1.807) is 54.6 Å². The van der Waals surface area contributed by atoms with Crippen molar-refractivity contribution in [2.75, 3.05) is 7.11 Å². The van der Waals surface area contributed by atoms with Crippen molar-refractivity contribution in [3.8, 4) is 5.75 Å². The number of carbonyl (C=O) groups is 1. The van der Waals surface area contributed by atoms with Gasteiger partial charge in [0, 0.05) is 10.8 Å². The molecule has 40 heavy (non-hydrogen) atoms. The molecular weight excluding hydrogens is 526 g/mol. The van der Waals surface area contributed by atoms with E-state index in [0.29, 0.717) is 33.7 Å². The summed E-state index contributed by atoms with van der Waals surface area (Å²) in [6.45, 7) is 0.324. The van der Waals surface area contributed by atoms with Gasteiger partial charge in [0.2, 0.25) is 0 Å². The number of esters is 1. The molecule has 2 atom stereocenters. The monoisotopic (exact) mass is 551 g/mol. The number of aromatic nitrogens is 1. The number of aliphatic hydroxyl groups excluding tert-OH is 1. The van der Waals surface area contributed by atoms with Crippen molar-refractivity contribution < 1.29 is 28.0 Å². The Morgan fingerprint density at radius 3 is 2.35 bits per heavy atom. The zero-order valence-corrected chi connectivity index (χ0v) is 22.3. The van der Waals surface area contributed by atoms with E-state index in [1.165, 1.54) is 11.1 Å². The topological polar surface area (TPSA) is 90.9 Å². The van der Waals surface area contributed by atoms with Crippen LogP contribution in [0, 0.1) is 0 Å². The summed E-state index contributed by atoms with van der Waals surface area (Å²) in [5.41, 5.74) is 2.22. The average Bonchev–Trinajstić information content (AvgIpc) is 3.59. The third-order valence-electron chi connectivity index (χ3n) is 6.65. The van der Waals surface area contributed by atoms with Gasteiger partial charge in [0.15, 0.2) is 17.1 Å². The second kappa shape index (κ2) is 10.8. The molecule has 2 unspecified atom stereocenters. The van der Waals surface area contributed by atoms with E-state index < -0.39 is 23.1 Å². The number of carbonyl (C=O) groups excluding carboxylic acids is 1. The predicted octanol–water partition coefficient (Wildman–Crippen LogP) is 6.41. The molecule has 0 radical (unpaired) electrons. The van der Waals surface area contributed by atoms with Crippen LogP contribution in [0.15, 0.2) is 119 Å². The predicted molar refractivity (Wildman–Crippen MR) is 153 cm³/mol. The van der Waals surface area contributed by atoms with Gasteiger partial charge in [0.25, 0.3) is 0 Å². The Morgan fingerprint density at radius 1 is 0.925 bits per heavy atom. The first kappa shape index (κ1) is 25.6. The molecule has 6 rings (SSSR count). The molecule has 1 N–H and O–H groups in total. The van der Waals surface area contributed by atoms with Crippen LogP contribution < -0.4 is 4.74 Å². The number of rotatable bonds is 8. The number of aliphatic hydroxyl groups is 1. The van der Waals surface area contributed by atoms with Gasteiger partial charge in [-0.15, -0.1) is 0 Å². The second-order valence-electron chi connectivity index (χ2n) is 9.15. The minimum absolute atomic E-state index is 0.0832. The highest BCUT2D eigenvalue weighted by molar-refractivity contribution is 7.83. The van der Waals surface area contributed by atoms with Gasteiger partial charge in [-0.1, -0.05) is 66.7 Å². The zero-order valence-electron chi connectivity index (χ0n) is 21.5. The van der Waals surface area contributed by atoms with Gasteiger partial charge >= 0.3 is 5.97 Å². The summed E-state index contributed by atoms with van der Waals surface area (Å²) >= 11 is 0. The smallest absolute Gasteiger partial charge is 0.340 e. The normalized spacial score (nSPS) is 12.8. The Bertz CT molecular complexity index is 1810. The number of para-hydroxylation sites is 1. The zero-order chi connectivity index (χ0) is 27.6. The molecule has 0 fully saturated rings. The summed E-state index contributed by atoms with van der Waals surface area (Å²) in [6, 6.07) is 32.8. The van der Waals surface area contributed by atoms with E-state index in [1.807, 2.05) is 54.6 Å². The van der Waals surface area contributed by atoms with Crippen molar-refractivity contribution in [1.82, 2.24) is 3.97 Å². The van der Waals surface area contributed by atoms with Crippen LogP contribution >= 0.6 is 0 Å². The average molecular weight is 552 g/mol. The molecule has 2 aromatic heterocycles. The summed E-state index contributed by atoms with van der Waals surface area (Å²) < 4.78 is 32.7. The summed E-state index contributed by atoms with van der Waals surface area (Å²) in [5, 5.41) is 13.0. The highest BCUT2D eigenvalue weighted by Gasteiger charge is 2.33. The molecule has 6 aromatic rings. The lowest BCUT2D eigenvalue weighted by Gasteiger charge is -2.15. The molecule has 0 aliphatic carbocycles. The van der Waals surface area contributed by atoms with E-state index >= 15 is 0 Å². The van der Waals surface area contributed by atoms with Crippen LogP contribution in [0.3, 0.4) is 0 Å². The lowest BCUT2D eigenvalue weighted by atomic mass is 10.1. The Hall–Kier alpha value is -4.66. The van der Waals surface area contributed by atoms with Gasteiger partial charge in [0.05, 0.1) is 28.8 Å². The maximum absolute atomic E-state index is 14.1. The molecule has 2 heterocycles. The number of furan rings is 1. The van der Waals surface area contributed by atoms with E-state index in [2.05, 4.69) is 0 Å². The van der Waals surface area contributed by atoms with Gasteiger partial charge in [0.1, 0.15) is 23.7 Å². The summed E-state index contributed by atoms with van der Waals surface area (Å²) in [7, 11) is -0.546. The summed E-state index contributed by atoms with van der Waals surface area (Å²) in [5.74, 6) is 0.0362. The quantitative estimate of drug-likeness (QED) is 0.220. The number of ether oxygens (including phenoxy) is 2. The fourth-order valence-corrected chi connectivity index (χ4v) is 6.06. The Labute approximate surface area is 232 Å². The Morgan fingerprint density at radius 2 is 1.62 bits per heavy atom. The largest absolute Gasteiger partial charge is 0.489 e. The molecular formula is C32H25NO6S. The fourth-order valence-electron chi connectivity index (χ4n) is 4.75. The first-order valence-corrected chi connectivity index (χ1v) is 13.7. The lowest BCUT2D eigenvalue weighted by molar-refractivity contribution is 0.0596. The van der Waals surface area contributed by atoms with E-state index in [-0.39, 0.29) is 17.0 Å². The number of benzene rings is 4. The second-order valence-corrected chi connectivity index (χ2v) is 10.5. The summed E-state index contributed by atoms with van der Waals surface area (Å²) in [4.78, 5) is 13.8. The molecule has 0 bridgehead atoms. The number of fused-ring (bicyclic) bond motifs is 2. The van der Waals surface area contributed by atoms with Crippen molar-refractivity contribution in [3.63, 3.8) is 0 Å². The van der Waals surface area contributed by atoms with Crippen LogP contribution in [0.4, 0.5) is 0 Å². The van der Waals surface area contributed by atoms with Crippen LogP contribution in [0.5, 0.6) is 5.75 Å². The first-order valence-electron chi connectivity index (χ1n) is 12.6. The first-order chi connectivity index (χ1) is 19.5. The van der Waals surface area contributed by atoms with Crippen LogP contribution in [-0.4, -0.2) is 26.4 Å². The Balaban J connectivity index is 1.55. The van der Waals surface area contributed by atoms with Crippen molar-refractivity contribution in [2.45, 2.75) is 17.6 Å². The van der Waals surface area contributed by atoms with Gasteiger partial charge < -0.3 is 19.0 Å². The minimum Gasteiger partial charge on any atom is -0.489 e. The third kappa shape index (κ3) is 4.68. The number of hydrogen-bond donors (Lipinski definition) is 1. The molecule has 4 aromatic carbocycles. The van der Waals surface area contributed by atoms with Gasteiger partial charge in [-0.05, 0) is 48.0 Å². The highest BCUT2D eigenvalue weighted by atomic mass is 32.2. The molecule has 8 heteroatoms. The number of methoxy groups -OCH3 is 1. The minimum atomic E-state index is -1.82. The number of nitrogens with zero attached hydrogens (tertiary/aromatic N) is 1. The van der Waals surface area contributed by atoms with Crippen molar-refractivity contribution >= 4 is 38.8 Å². The Kier molecular flexibility index (Phi) is 6.94. The maximum Gasteiger partial charge on any atom is 0.340 e. The SMILES string of the molecule is COC(=O)c1c(C(O)c2cc3ccccc3o2)n(S(=O)c2ccccc2)c2ccc(OCc3ccccc3)cc12. The molecule has 7 nitrogen and oxygen atoms in total. The third-order valence-corrected chi connectivity index (χ3v) is 8.05. The van der Waals surface area contributed by atoms with Crippen molar-refractivity contribution in [2.24, 2.45) is 0 Å². The van der Waals surface area contributed by atoms with Crippen LogP contribution in [-0.2, 0) is 22.3 Å². The van der Waals surface area contributed by atoms with E-state index in [0.717, 1.165) is 10.9 Å². The van der Waals surface area contributed by atoms with E-state index in [9.17, 15) is 14.1 Å². The lowest BCUT2D eigenvalue weighted by Crippen LogP contribution is -2.16.